The van der Waals surface area contributed by atoms with Crippen LogP contribution in [-0.2, 0) is 20.0 Å². The fourth-order valence-electron chi connectivity index (χ4n) is 2.14. The fraction of sp³-hybridized carbons (Fsp3) is 0.333. The molecule has 27 heavy (non-hydrogen) atoms. The average molecular weight is 468 g/mol. The molecule has 0 spiro atoms. The predicted molar refractivity (Wildman–Crippen MR) is 96.0 cm³/mol. The molecule has 9 nitrogen and oxygen atoms in total. The molecule has 2 aromatic rings. The lowest BCUT2D eigenvalue weighted by molar-refractivity contribution is 0.0640. The predicted octanol–water partition coefficient (Wildman–Crippen LogP) is 1.77. The van der Waals surface area contributed by atoms with Crippen LogP contribution in [0.1, 0.15) is 16.5 Å². The van der Waals surface area contributed by atoms with Gasteiger partial charge in [-0.25, -0.2) is 26.2 Å². The molecule has 0 aliphatic carbocycles. The molecule has 1 aromatic heterocycles. The molecule has 2 rings (SSSR count). The number of halogens is 4. The smallest absolute Gasteiger partial charge is 0.245 e. The minimum Gasteiger partial charge on any atom is -0.245 e. The number of rotatable bonds is 5. The molecule has 0 atom stereocenters. The Morgan fingerprint density at radius 3 is 2.11 bits per heavy atom. The van der Waals surface area contributed by atoms with Gasteiger partial charge in [0.15, 0.2) is 0 Å². The van der Waals surface area contributed by atoms with Crippen LogP contribution in [0.3, 0.4) is 0 Å². The summed E-state index contributed by atoms with van der Waals surface area (Å²) in [6.45, 7) is -6.79. The summed E-state index contributed by atoms with van der Waals surface area (Å²) >= 11 is 11.9. The van der Waals surface area contributed by atoms with E-state index in [1.54, 1.807) is 0 Å². The monoisotopic (exact) mass is 467 g/mol. The van der Waals surface area contributed by atoms with E-state index in [9.17, 15) is 30.4 Å². The Morgan fingerprint density at radius 2 is 1.70 bits per heavy atom. The van der Waals surface area contributed by atoms with Gasteiger partial charge in [0.1, 0.15) is 5.82 Å². The number of anilines is 1. The van der Waals surface area contributed by atoms with Gasteiger partial charge in [0.25, 0.3) is 0 Å². The number of alkyl halides is 2. The highest BCUT2D eigenvalue weighted by Crippen LogP contribution is 2.35. The zero-order valence-corrected chi connectivity index (χ0v) is 16.5. The normalized spacial score (nSPS) is 14.7. The Labute approximate surface area is 167 Å². The minimum atomic E-state index is -4.46. The zero-order valence-electron chi connectivity index (χ0n) is 16.4. The van der Waals surface area contributed by atoms with Crippen molar-refractivity contribution in [1.29, 1.82) is 0 Å². The van der Waals surface area contributed by atoms with Crippen molar-refractivity contribution in [2.45, 2.75) is 13.4 Å². The first-order valence-electron chi connectivity index (χ1n) is 8.07. The van der Waals surface area contributed by atoms with E-state index in [0.29, 0.717) is 18.6 Å². The van der Waals surface area contributed by atoms with Crippen LogP contribution >= 0.6 is 23.2 Å². The van der Waals surface area contributed by atoms with Gasteiger partial charge < -0.3 is 0 Å². The van der Waals surface area contributed by atoms with Crippen molar-refractivity contribution in [3.05, 3.63) is 38.5 Å². The van der Waals surface area contributed by atoms with Gasteiger partial charge in [0.2, 0.25) is 20.0 Å². The lowest BCUT2D eigenvalue weighted by atomic mass is 10.3. The molecule has 0 fully saturated rings. The maximum absolute atomic E-state index is 13.3. The van der Waals surface area contributed by atoms with Gasteiger partial charge in [0, 0.05) is 4.11 Å². The van der Waals surface area contributed by atoms with E-state index in [-0.39, 0.29) is 8.39 Å². The van der Waals surface area contributed by atoms with Gasteiger partial charge in [-0.2, -0.15) is 17.2 Å². The fourth-order valence-corrected chi connectivity index (χ4v) is 5.78. The topological polar surface area (TPSA) is 111 Å². The Bertz CT molecular complexity index is 1240. The van der Waals surface area contributed by atoms with Gasteiger partial charge in [0.05, 0.1) is 33.9 Å². The Balaban J connectivity index is 2.93. The Hall–Kier alpha value is -1.70. The molecule has 0 aliphatic rings. The molecule has 1 heterocycles. The minimum absolute atomic E-state index is 0.0675. The highest BCUT2D eigenvalue weighted by molar-refractivity contribution is 8.09. The van der Waals surface area contributed by atoms with Crippen LogP contribution in [0.25, 0.3) is 5.69 Å². The van der Waals surface area contributed by atoms with Gasteiger partial charge in [-0.05, 0) is 19.0 Å². The summed E-state index contributed by atoms with van der Waals surface area (Å²) in [7, 11) is -8.93. The van der Waals surface area contributed by atoms with E-state index < -0.39 is 70.9 Å². The lowest BCUT2D eigenvalue weighted by Gasteiger charge is -2.21. The molecular formula is C12H12Cl2F2N4O5S2. The third-order valence-electron chi connectivity index (χ3n) is 3.05. The first kappa shape index (κ1) is 17.4. The van der Waals surface area contributed by atoms with Crippen LogP contribution in [0.4, 0.5) is 14.5 Å². The number of nitrogens with zero attached hydrogens (tertiary/aromatic N) is 4. The summed E-state index contributed by atoms with van der Waals surface area (Å²) in [4.78, 5) is 12.4. The van der Waals surface area contributed by atoms with Crippen LogP contribution in [0.15, 0.2) is 16.9 Å². The van der Waals surface area contributed by atoms with Crippen molar-refractivity contribution >= 4 is 48.9 Å². The van der Waals surface area contributed by atoms with Crippen molar-refractivity contribution in [3.8, 4) is 5.69 Å². The summed E-state index contributed by atoms with van der Waals surface area (Å²) in [6.07, 6.45) is 1.12. The van der Waals surface area contributed by atoms with Crippen LogP contribution in [0, 0.1) is 6.85 Å². The SMILES string of the molecule is [2H]C([2H])([2H])c1nn(-c2cc(N(S(C)(=O)=O)S(C)(=O)=O)c(Cl)cc2Cl)c(=O)n1C(F)F. The van der Waals surface area contributed by atoms with Gasteiger partial charge in [-0.1, -0.05) is 23.2 Å². The molecule has 0 unspecified atom stereocenters. The van der Waals surface area contributed by atoms with Gasteiger partial charge in [-0.3, -0.25) is 0 Å². The van der Waals surface area contributed by atoms with Crippen molar-refractivity contribution in [2.75, 3.05) is 16.2 Å². The first-order valence-corrected chi connectivity index (χ1v) is 11.0. The number of sulfonamides is 2. The summed E-state index contributed by atoms with van der Waals surface area (Å²) in [5.41, 5.74) is -2.88. The second-order valence-electron chi connectivity index (χ2n) is 5.14. The zero-order chi connectivity index (χ0) is 23.4. The van der Waals surface area contributed by atoms with E-state index in [1.807, 2.05) is 0 Å². The van der Waals surface area contributed by atoms with Crippen LogP contribution in [-0.4, -0.2) is 43.7 Å². The molecule has 0 bridgehead atoms. The van der Waals surface area contributed by atoms with E-state index in [0.717, 1.165) is 6.07 Å². The summed E-state index contributed by atoms with van der Waals surface area (Å²) in [6, 6.07) is 1.54. The van der Waals surface area contributed by atoms with Crippen molar-refractivity contribution < 1.29 is 29.7 Å². The molecular weight excluding hydrogens is 453 g/mol. The van der Waals surface area contributed by atoms with Crippen molar-refractivity contribution in [3.63, 3.8) is 0 Å². The van der Waals surface area contributed by atoms with Crippen molar-refractivity contribution in [1.82, 2.24) is 14.3 Å². The molecule has 0 saturated heterocycles. The third-order valence-corrected chi connectivity index (χ3v) is 6.88. The van der Waals surface area contributed by atoms with E-state index in [4.69, 9.17) is 27.3 Å². The summed E-state index contributed by atoms with van der Waals surface area (Å²) < 4.78 is 96.1. The lowest BCUT2D eigenvalue weighted by Crippen LogP contribution is -2.35. The molecule has 0 N–H and O–H groups in total. The summed E-state index contributed by atoms with van der Waals surface area (Å²) in [5.74, 6) is -1.27. The van der Waals surface area contributed by atoms with E-state index >= 15 is 0 Å². The Kier molecular flexibility index (Phi) is 4.53. The molecule has 0 aliphatic heterocycles. The molecule has 15 heteroatoms. The van der Waals surface area contributed by atoms with Gasteiger partial charge >= 0.3 is 12.2 Å². The quantitative estimate of drug-likeness (QED) is 0.662. The summed E-state index contributed by atoms with van der Waals surface area (Å²) in [5, 5.41) is 2.47. The standard InChI is InChI=1S/C12H12Cl2F2N4O5S2/c1-6-17-19(12(21)18(6)11(15)16)9-5-10(8(14)4-7(9)13)20(26(2,22)23)27(3,24)25/h4-5,11H,1-3H3/i1D3. The molecule has 0 amide bonds. The first-order chi connectivity index (χ1) is 13.4. The second-order valence-corrected chi connectivity index (χ2v) is 9.85. The largest absolute Gasteiger partial charge is 0.355 e. The van der Waals surface area contributed by atoms with Crippen LogP contribution < -0.4 is 9.40 Å². The maximum Gasteiger partial charge on any atom is 0.355 e. The van der Waals surface area contributed by atoms with Crippen LogP contribution in [0.2, 0.25) is 10.0 Å². The molecule has 0 saturated carbocycles. The average Bonchev–Trinajstić information content (AvgIpc) is 2.84. The highest BCUT2D eigenvalue weighted by Gasteiger charge is 2.31. The highest BCUT2D eigenvalue weighted by atomic mass is 35.5. The number of hydrogen-bond donors (Lipinski definition) is 0. The van der Waals surface area contributed by atoms with E-state index in [2.05, 4.69) is 5.10 Å². The number of benzene rings is 1. The molecule has 0 radical (unpaired) electrons. The molecule has 150 valence electrons. The van der Waals surface area contributed by atoms with Gasteiger partial charge in [-0.15, -0.1) is 5.10 Å². The van der Waals surface area contributed by atoms with Crippen LogP contribution in [0.5, 0.6) is 0 Å². The van der Waals surface area contributed by atoms with E-state index in [1.165, 1.54) is 0 Å². The number of aryl methyl sites for hydroxylation is 1. The van der Waals surface area contributed by atoms with Crippen molar-refractivity contribution in [2.24, 2.45) is 0 Å². The molecule has 1 aromatic carbocycles. The number of hydrogen-bond acceptors (Lipinski definition) is 6. The Morgan fingerprint density at radius 1 is 1.15 bits per heavy atom. The second kappa shape index (κ2) is 7.04. The third kappa shape index (κ3) is 4.10. The maximum atomic E-state index is 13.3. The number of aromatic nitrogens is 3.